The fourth-order valence-electron chi connectivity index (χ4n) is 1.76. The van der Waals surface area contributed by atoms with Gasteiger partial charge >= 0.3 is 6.18 Å². The van der Waals surface area contributed by atoms with E-state index in [1.807, 2.05) is 6.26 Å². The molecule has 2 rings (SSSR count). The lowest BCUT2D eigenvalue weighted by molar-refractivity contribution is -0.141. The van der Waals surface area contributed by atoms with Gasteiger partial charge in [-0.05, 0) is 43.5 Å². The maximum Gasteiger partial charge on any atom is 0.434 e. The van der Waals surface area contributed by atoms with Crippen molar-refractivity contribution in [2.75, 3.05) is 6.26 Å². The molecule has 2 aromatic rings. The zero-order valence-electron chi connectivity index (χ0n) is 11.8. The first-order chi connectivity index (χ1) is 10.3. The number of nitrogens with zero attached hydrogens (tertiary/aromatic N) is 1. The summed E-state index contributed by atoms with van der Waals surface area (Å²) in [6, 6.07) is 9.17. The highest BCUT2D eigenvalue weighted by Gasteiger charge is 2.37. The SMILES string of the molecule is CSc1ccc(Oc2ccc(C(C)=O)c(C(F)(F)F)n2)cc1. The number of Topliss-reactive ketones (excluding diaryl/α,β-unsaturated/α-hetero) is 1. The summed E-state index contributed by atoms with van der Waals surface area (Å²) in [5, 5.41) is 0. The number of carbonyl (C=O) groups is 1. The van der Waals surface area contributed by atoms with Crippen molar-refractivity contribution >= 4 is 17.5 Å². The molecule has 0 aliphatic rings. The number of aromatic nitrogens is 1. The first-order valence-corrected chi connectivity index (χ1v) is 7.45. The summed E-state index contributed by atoms with van der Waals surface area (Å²) in [5.41, 5.74) is -1.71. The lowest BCUT2D eigenvalue weighted by atomic mass is 10.1. The lowest BCUT2D eigenvalue weighted by Crippen LogP contribution is -2.14. The number of hydrogen-bond acceptors (Lipinski definition) is 4. The number of rotatable bonds is 4. The molecular weight excluding hydrogens is 315 g/mol. The van der Waals surface area contributed by atoms with Crippen molar-refractivity contribution in [3.05, 3.63) is 47.7 Å². The van der Waals surface area contributed by atoms with Gasteiger partial charge in [0.2, 0.25) is 5.88 Å². The molecular formula is C15H12F3NO2S. The highest BCUT2D eigenvalue weighted by atomic mass is 32.2. The largest absolute Gasteiger partial charge is 0.439 e. The molecule has 0 saturated carbocycles. The molecule has 0 N–H and O–H groups in total. The van der Waals surface area contributed by atoms with Crippen LogP contribution in [0.2, 0.25) is 0 Å². The summed E-state index contributed by atoms with van der Waals surface area (Å²) in [5.74, 6) is -0.543. The van der Waals surface area contributed by atoms with Crippen LogP contribution in [-0.4, -0.2) is 17.0 Å². The number of pyridine rings is 1. The van der Waals surface area contributed by atoms with Gasteiger partial charge in [-0.25, -0.2) is 4.98 Å². The van der Waals surface area contributed by atoms with E-state index < -0.39 is 23.2 Å². The predicted molar refractivity (Wildman–Crippen MR) is 77.5 cm³/mol. The van der Waals surface area contributed by atoms with E-state index >= 15 is 0 Å². The van der Waals surface area contributed by atoms with Gasteiger partial charge in [0.1, 0.15) is 5.75 Å². The maximum absolute atomic E-state index is 13.0. The van der Waals surface area contributed by atoms with Gasteiger partial charge in [-0.2, -0.15) is 13.2 Å². The molecule has 1 aromatic carbocycles. The van der Waals surface area contributed by atoms with Crippen LogP contribution in [0.25, 0.3) is 0 Å². The standard InChI is InChI=1S/C15H12F3NO2S/c1-9(20)12-7-8-13(19-14(12)15(16,17)18)21-10-3-5-11(22-2)6-4-10/h3-8H,1-2H3. The smallest absolute Gasteiger partial charge is 0.434 e. The van der Waals surface area contributed by atoms with Gasteiger partial charge in [-0.15, -0.1) is 11.8 Å². The van der Waals surface area contributed by atoms with Crippen molar-refractivity contribution in [2.24, 2.45) is 0 Å². The Morgan fingerprint density at radius 1 is 1.14 bits per heavy atom. The predicted octanol–water partition coefficient (Wildman–Crippen LogP) is 4.82. The summed E-state index contributed by atoms with van der Waals surface area (Å²) in [6.07, 6.45) is -2.81. The van der Waals surface area contributed by atoms with Crippen LogP contribution < -0.4 is 4.74 Å². The van der Waals surface area contributed by atoms with Crippen molar-refractivity contribution in [3.63, 3.8) is 0 Å². The van der Waals surface area contributed by atoms with E-state index in [-0.39, 0.29) is 5.88 Å². The Kier molecular flexibility index (Phi) is 4.75. The Morgan fingerprint density at radius 2 is 1.77 bits per heavy atom. The van der Waals surface area contributed by atoms with Crippen LogP contribution in [0.3, 0.4) is 0 Å². The van der Waals surface area contributed by atoms with Gasteiger partial charge in [0.15, 0.2) is 11.5 Å². The topological polar surface area (TPSA) is 39.2 Å². The van der Waals surface area contributed by atoms with Gasteiger partial charge in [0, 0.05) is 16.5 Å². The Bertz CT molecular complexity index is 684. The molecule has 0 unspecified atom stereocenters. The highest BCUT2D eigenvalue weighted by molar-refractivity contribution is 7.98. The third-order valence-corrected chi connectivity index (χ3v) is 3.54. The molecule has 0 radical (unpaired) electrons. The van der Waals surface area contributed by atoms with Crippen molar-refractivity contribution in [2.45, 2.75) is 18.0 Å². The fourth-order valence-corrected chi connectivity index (χ4v) is 2.17. The zero-order valence-corrected chi connectivity index (χ0v) is 12.6. The summed E-state index contributed by atoms with van der Waals surface area (Å²) < 4.78 is 44.2. The van der Waals surface area contributed by atoms with E-state index in [4.69, 9.17) is 4.74 Å². The Hall–Kier alpha value is -2.02. The van der Waals surface area contributed by atoms with Gasteiger partial charge < -0.3 is 4.74 Å². The number of ether oxygens (including phenoxy) is 1. The monoisotopic (exact) mass is 327 g/mol. The minimum Gasteiger partial charge on any atom is -0.439 e. The van der Waals surface area contributed by atoms with Gasteiger partial charge in [0.25, 0.3) is 0 Å². The molecule has 116 valence electrons. The van der Waals surface area contributed by atoms with Crippen LogP contribution in [-0.2, 0) is 6.18 Å². The minimum atomic E-state index is -4.72. The van der Waals surface area contributed by atoms with Crippen molar-refractivity contribution in [1.82, 2.24) is 4.98 Å². The number of halogens is 3. The average molecular weight is 327 g/mol. The number of benzene rings is 1. The molecule has 0 aliphatic carbocycles. The van der Waals surface area contributed by atoms with E-state index in [1.54, 1.807) is 24.3 Å². The molecule has 7 heteroatoms. The summed E-state index contributed by atoms with van der Waals surface area (Å²) in [4.78, 5) is 15.7. The Morgan fingerprint density at radius 3 is 2.27 bits per heavy atom. The van der Waals surface area contributed by atoms with Crippen LogP contribution in [0.5, 0.6) is 11.6 Å². The quantitative estimate of drug-likeness (QED) is 0.596. The lowest BCUT2D eigenvalue weighted by Gasteiger charge is -2.12. The number of alkyl halides is 3. The van der Waals surface area contributed by atoms with Crippen molar-refractivity contribution in [1.29, 1.82) is 0 Å². The second kappa shape index (κ2) is 6.39. The van der Waals surface area contributed by atoms with Crippen molar-refractivity contribution < 1.29 is 22.7 Å². The third-order valence-electron chi connectivity index (χ3n) is 2.80. The van der Waals surface area contributed by atoms with Crippen LogP contribution in [0.15, 0.2) is 41.3 Å². The molecule has 0 fully saturated rings. The van der Waals surface area contributed by atoms with Gasteiger partial charge in [0.05, 0.1) is 0 Å². The second-order valence-corrected chi connectivity index (χ2v) is 5.26. The third kappa shape index (κ3) is 3.79. The molecule has 1 aromatic heterocycles. The summed E-state index contributed by atoms with van der Waals surface area (Å²) >= 11 is 1.54. The van der Waals surface area contributed by atoms with E-state index in [1.165, 1.54) is 17.8 Å². The van der Waals surface area contributed by atoms with Crippen LogP contribution in [0.1, 0.15) is 23.0 Å². The Labute approximate surface area is 129 Å². The first-order valence-electron chi connectivity index (χ1n) is 6.22. The average Bonchev–Trinajstić information content (AvgIpc) is 2.47. The normalized spacial score (nSPS) is 11.3. The molecule has 0 bridgehead atoms. The van der Waals surface area contributed by atoms with Gasteiger partial charge in [-0.3, -0.25) is 4.79 Å². The highest BCUT2D eigenvalue weighted by Crippen LogP contribution is 2.33. The molecule has 3 nitrogen and oxygen atoms in total. The van der Waals surface area contributed by atoms with Gasteiger partial charge in [-0.1, -0.05) is 0 Å². The van der Waals surface area contributed by atoms with E-state index in [0.717, 1.165) is 17.9 Å². The molecule has 22 heavy (non-hydrogen) atoms. The fraction of sp³-hybridized carbons (Fsp3) is 0.200. The summed E-state index contributed by atoms with van der Waals surface area (Å²) in [7, 11) is 0. The van der Waals surface area contributed by atoms with E-state index in [0.29, 0.717) is 5.75 Å². The molecule has 0 aliphatic heterocycles. The maximum atomic E-state index is 13.0. The molecule has 0 atom stereocenters. The van der Waals surface area contributed by atoms with E-state index in [2.05, 4.69) is 4.98 Å². The van der Waals surface area contributed by atoms with E-state index in [9.17, 15) is 18.0 Å². The van der Waals surface area contributed by atoms with Crippen molar-refractivity contribution in [3.8, 4) is 11.6 Å². The number of carbonyl (C=O) groups excluding carboxylic acids is 1. The Balaban J connectivity index is 2.33. The minimum absolute atomic E-state index is 0.214. The number of thioether (sulfide) groups is 1. The zero-order chi connectivity index (χ0) is 16.3. The van der Waals surface area contributed by atoms with Crippen LogP contribution in [0, 0.1) is 0 Å². The molecule has 0 amide bonds. The summed E-state index contributed by atoms with van der Waals surface area (Å²) in [6.45, 7) is 1.06. The molecule has 0 saturated heterocycles. The first kappa shape index (κ1) is 16.4. The number of hydrogen-bond donors (Lipinski definition) is 0. The molecule has 1 heterocycles. The van der Waals surface area contributed by atoms with Crippen LogP contribution >= 0.6 is 11.8 Å². The number of ketones is 1. The second-order valence-electron chi connectivity index (χ2n) is 4.38. The molecule has 0 spiro atoms. The van der Waals surface area contributed by atoms with Crippen LogP contribution in [0.4, 0.5) is 13.2 Å².